The van der Waals surface area contributed by atoms with E-state index in [2.05, 4.69) is 4.98 Å². The largest absolute Gasteiger partial charge is 0.452 e. The number of aromatic nitrogens is 1. The zero-order valence-electron chi connectivity index (χ0n) is 15.8. The molecule has 8 heteroatoms. The molecule has 1 heterocycles. The fourth-order valence-corrected chi connectivity index (χ4v) is 3.40. The number of esters is 1. The smallest absolute Gasteiger partial charge is 0.338 e. The molecule has 29 heavy (non-hydrogen) atoms. The number of ether oxygens (including phenoxy) is 1. The number of carbonyl (C=O) groups is 2. The summed E-state index contributed by atoms with van der Waals surface area (Å²) in [5.74, 6) is -0.457. The van der Waals surface area contributed by atoms with Crippen LogP contribution >= 0.6 is 11.8 Å². The number of hydrogen-bond acceptors (Lipinski definition) is 7. The molecule has 0 N–H and O–H groups in total. The van der Waals surface area contributed by atoms with Crippen LogP contribution < -0.4 is 0 Å². The number of carbonyl (C=O) groups excluding carboxylic acids is 2. The third-order valence-electron chi connectivity index (χ3n) is 4.17. The third kappa shape index (κ3) is 5.36. The Kier molecular flexibility index (Phi) is 6.87. The number of benzene rings is 2. The van der Waals surface area contributed by atoms with E-state index in [0.29, 0.717) is 28.7 Å². The predicted octanol–water partition coefficient (Wildman–Crippen LogP) is 3.65. The molecule has 3 aromatic rings. The van der Waals surface area contributed by atoms with Gasteiger partial charge in [-0.2, -0.15) is 5.26 Å². The summed E-state index contributed by atoms with van der Waals surface area (Å²) in [7, 11) is 1.57. The van der Waals surface area contributed by atoms with Crippen LogP contribution in [0.25, 0.3) is 11.1 Å². The number of nitrogens with zero attached hydrogens (tertiary/aromatic N) is 3. The first-order chi connectivity index (χ1) is 14.1. The number of fused-ring (bicyclic) bond motifs is 1. The van der Waals surface area contributed by atoms with Crippen LogP contribution in [-0.4, -0.2) is 42.0 Å². The minimum Gasteiger partial charge on any atom is -0.452 e. The van der Waals surface area contributed by atoms with Gasteiger partial charge in [0.05, 0.1) is 18.1 Å². The molecule has 0 spiro atoms. The lowest BCUT2D eigenvalue weighted by atomic mass is 10.1. The first kappa shape index (κ1) is 20.4. The molecule has 0 saturated carbocycles. The third-order valence-corrected chi connectivity index (χ3v) is 5.05. The van der Waals surface area contributed by atoms with Gasteiger partial charge in [-0.05, 0) is 23.8 Å². The summed E-state index contributed by atoms with van der Waals surface area (Å²) in [5, 5.41) is 9.10. The summed E-state index contributed by atoms with van der Waals surface area (Å²) in [6, 6.07) is 16.5. The Balaban J connectivity index is 1.61. The molecule has 0 saturated heterocycles. The molecule has 0 aliphatic rings. The van der Waals surface area contributed by atoms with Crippen LogP contribution in [0.3, 0.4) is 0 Å². The number of hydrogen-bond donors (Lipinski definition) is 0. The second kappa shape index (κ2) is 9.75. The van der Waals surface area contributed by atoms with Crippen LogP contribution in [0.4, 0.5) is 0 Å². The van der Waals surface area contributed by atoms with Gasteiger partial charge in [-0.15, -0.1) is 0 Å². The van der Waals surface area contributed by atoms with Crippen LogP contribution in [0.5, 0.6) is 0 Å². The quantitative estimate of drug-likeness (QED) is 0.414. The van der Waals surface area contributed by atoms with Gasteiger partial charge in [0.25, 0.3) is 11.1 Å². The van der Waals surface area contributed by atoms with Crippen LogP contribution in [0, 0.1) is 11.3 Å². The van der Waals surface area contributed by atoms with E-state index in [-0.39, 0.29) is 18.9 Å². The van der Waals surface area contributed by atoms with Crippen LogP contribution in [0.15, 0.2) is 58.2 Å². The first-order valence-corrected chi connectivity index (χ1v) is 9.91. The van der Waals surface area contributed by atoms with Crippen molar-refractivity contribution in [3.63, 3.8) is 0 Å². The molecule has 0 unspecified atom stereocenters. The van der Waals surface area contributed by atoms with Gasteiger partial charge >= 0.3 is 5.97 Å². The summed E-state index contributed by atoms with van der Waals surface area (Å²) in [4.78, 5) is 30.2. The van der Waals surface area contributed by atoms with Crippen molar-refractivity contribution < 1.29 is 18.7 Å². The Morgan fingerprint density at radius 2 is 1.97 bits per heavy atom. The Morgan fingerprint density at radius 3 is 2.76 bits per heavy atom. The predicted molar refractivity (Wildman–Crippen MR) is 108 cm³/mol. The lowest BCUT2D eigenvalue weighted by Crippen LogP contribution is -2.32. The lowest BCUT2D eigenvalue weighted by Gasteiger charge is -2.15. The van der Waals surface area contributed by atoms with E-state index in [1.165, 1.54) is 16.7 Å². The van der Waals surface area contributed by atoms with Gasteiger partial charge in [0.15, 0.2) is 12.2 Å². The summed E-state index contributed by atoms with van der Waals surface area (Å²) in [5.41, 5.74) is 2.64. The van der Waals surface area contributed by atoms with E-state index in [1.54, 1.807) is 19.2 Å². The molecule has 0 aliphatic carbocycles. The minimum atomic E-state index is -0.569. The molecule has 0 aliphatic heterocycles. The highest BCUT2D eigenvalue weighted by Gasteiger charge is 2.17. The van der Waals surface area contributed by atoms with Gasteiger partial charge in [-0.25, -0.2) is 9.78 Å². The lowest BCUT2D eigenvalue weighted by molar-refractivity contribution is -0.133. The summed E-state index contributed by atoms with van der Waals surface area (Å²) >= 11 is 1.38. The highest BCUT2D eigenvalue weighted by molar-refractivity contribution is 7.98. The summed E-state index contributed by atoms with van der Waals surface area (Å²) in [6.45, 7) is -0.0714. The number of oxazole rings is 1. The average molecular weight is 409 g/mol. The van der Waals surface area contributed by atoms with Gasteiger partial charge in [0.2, 0.25) is 0 Å². The van der Waals surface area contributed by atoms with Crippen molar-refractivity contribution in [1.82, 2.24) is 9.88 Å². The number of nitriles is 1. The molecular weight excluding hydrogens is 390 g/mol. The topological polar surface area (TPSA) is 96.4 Å². The second-order valence-corrected chi connectivity index (χ2v) is 7.12. The standard InChI is InChI=1S/C21H19N3O4S/c1-24(12-6-11-22)19(25)13-27-20(26)16-8-3-2-7-15(16)14-29-21-23-17-9-4-5-10-18(17)28-21/h2-5,7-10H,6,12-14H2,1H3. The molecule has 148 valence electrons. The molecule has 1 amide bonds. The zero-order valence-corrected chi connectivity index (χ0v) is 16.6. The maximum absolute atomic E-state index is 12.5. The van der Waals surface area contributed by atoms with Crippen molar-refractivity contribution in [2.24, 2.45) is 0 Å². The average Bonchev–Trinajstić information content (AvgIpc) is 3.17. The van der Waals surface area contributed by atoms with Crippen molar-refractivity contribution in [3.05, 3.63) is 59.7 Å². The van der Waals surface area contributed by atoms with Crippen molar-refractivity contribution in [1.29, 1.82) is 5.26 Å². The van der Waals surface area contributed by atoms with Crippen LogP contribution in [0.1, 0.15) is 22.3 Å². The highest BCUT2D eigenvalue weighted by Crippen LogP contribution is 2.27. The monoisotopic (exact) mass is 409 g/mol. The van der Waals surface area contributed by atoms with E-state index in [1.807, 2.05) is 42.5 Å². The minimum absolute atomic E-state index is 0.228. The molecule has 0 bridgehead atoms. The van der Waals surface area contributed by atoms with Crippen molar-refractivity contribution in [2.45, 2.75) is 17.4 Å². The van der Waals surface area contributed by atoms with E-state index >= 15 is 0 Å². The molecule has 0 fully saturated rings. The van der Waals surface area contributed by atoms with E-state index in [0.717, 1.165) is 11.1 Å². The Morgan fingerprint density at radius 1 is 1.21 bits per heavy atom. The Bertz CT molecular complexity index is 1020. The maximum Gasteiger partial charge on any atom is 0.338 e. The zero-order chi connectivity index (χ0) is 20.6. The molecule has 1 aromatic heterocycles. The maximum atomic E-state index is 12.5. The summed E-state index contributed by atoms with van der Waals surface area (Å²) < 4.78 is 10.9. The highest BCUT2D eigenvalue weighted by atomic mass is 32.2. The van der Waals surface area contributed by atoms with Crippen molar-refractivity contribution in [2.75, 3.05) is 20.2 Å². The fourth-order valence-electron chi connectivity index (χ4n) is 2.56. The molecule has 2 aromatic carbocycles. The van der Waals surface area contributed by atoms with Gasteiger partial charge in [0.1, 0.15) is 5.52 Å². The molecule has 0 atom stereocenters. The van der Waals surface area contributed by atoms with Gasteiger partial charge in [-0.3, -0.25) is 4.79 Å². The Hall–Kier alpha value is -3.31. The second-order valence-electron chi connectivity index (χ2n) is 6.19. The molecule has 0 radical (unpaired) electrons. The normalized spacial score (nSPS) is 10.5. The number of para-hydroxylation sites is 2. The van der Waals surface area contributed by atoms with Gasteiger partial charge < -0.3 is 14.1 Å². The van der Waals surface area contributed by atoms with E-state index < -0.39 is 5.97 Å². The Labute approximate surface area is 172 Å². The van der Waals surface area contributed by atoms with Crippen LogP contribution in [-0.2, 0) is 15.3 Å². The van der Waals surface area contributed by atoms with E-state index in [4.69, 9.17) is 14.4 Å². The van der Waals surface area contributed by atoms with Crippen molar-refractivity contribution in [3.8, 4) is 6.07 Å². The SMILES string of the molecule is CN(CCC#N)C(=O)COC(=O)c1ccccc1CSc1nc2ccccc2o1. The summed E-state index contributed by atoms with van der Waals surface area (Å²) in [6.07, 6.45) is 0.228. The van der Waals surface area contributed by atoms with E-state index in [9.17, 15) is 9.59 Å². The first-order valence-electron chi connectivity index (χ1n) is 8.93. The number of likely N-dealkylation sites (N-methyl/N-ethyl adjacent to an activating group) is 1. The molecular formula is C21H19N3O4S. The van der Waals surface area contributed by atoms with Gasteiger partial charge in [-0.1, -0.05) is 42.1 Å². The van der Waals surface area contributed by atoms with Crippen LogP contribution in [0.2, 0.25) is 0 Å². The van der Waals surface area contributed by atoms with Gasteiger partial charge in [0, 0.05) is 19.3 Å². The fraction of sp³-hybridized carbons (Fsp3) is 0.238. The number of thioether (sulfide) groups is 1. The molecule has 7 nitrogen and oxygen atoms in total. The van der Waals surface area contributed by atoms with Crippen molar-refractivity contribution >= 4 is 34.7 Å². The number of rotatable bonds is 8. The molecule has 3 rings (SSSR count). The number of amides is 1.